The molecule has 0 radical (unpaired) electrons. The van der Waals surface area contributed by atoms with E-state index in [-0.39, 0.29) is 24.0 Å². The number of Topliss-reactive ketones (excluding diaryl/α,β-unsaturated/α-hetero) is 1. The first-order valence-corrected chi connectivity index (χ1v) is 11.3. The quantitative estimate of drug-likeness (QED) is 0.555. The highest BCUT2D eigenvalue weighted by molar-refractivity contribution is 9.10. The maximum absolute atomic E-state index is 12.9. The number of carbonyl (C=O) groups excluding carboxylic acids is 3. The molecule has 2 aromatic rings. The SMILES string of the molecule is CCCN1C(=O)C(CC(=O)Nc2ccc(Br)cc2)SC1=Nc1ccc(C(C)=O)cc1. The Morgan fingerprint density at radius 2 is 1.80 bits per heavy atom. The Hall–Kier alpha value is -2.45. The van der Waals surface area contributed by atoms with Gasteiger partial charge < -0.3 is 5.32 Å². The smallest absolute Gasteiger partial charge is 0.242 e. The lowest BCUT2D eigenvalue weighted by Crippen LogP contribution is -2.34. The summed E-state index contributed by atoms with van der Waals surface area (Å²) in [6, 6.07) is 14.2. The van der Waals surface area contributed by atoms with E-state index in [9.17, 15) is 14.4 Å². The van der Waals surface area contributed by atoms with Gasteiger partial charge >= 0.3 is 0 Å². The molecule has 8 heteroatoms. The van der Waals surface area contributed by atoms with Crippen molar-refractivity contribution in [1.29, 1.82) is 0 Å². The van der Waals surface area contributed by atoms with Gasteiger partial charge in [0.15, 0.2) is 11.0 Å². The molecule has 0 bridgehead atoms. The Morgan fingerprint density at radius 1 is 1.13 bits per heavy atom. The van der Waals surface area contributed by atoms with Crippen LogP contribution in [0.3, 0.4) is 0 Å². The summed E-state index contributed by atoms with van der Waals surface area (Å²) in [6.45, 7) is 4.05. The maximum atomic E-state index is 12.9. The predicted octanol–water partition coefficient (Wildman–Crippen LogP) is 5.02. The first-order chi connectivity index (χ1) is 14.4. The van der Waals surface area contributed by atoms with Crippen LogP contribution in [0.1, 0.15) is 37.0 Å². The molecule has 1 unspecified atom stereocenters. The molecule has 6 nitrogen and oxygen atoms in total. The van der Waals surface area contributed by atoms with E-state index >= 15 is 0 Å². The number of thioether (sulfide) groups is 1. The van der Waals surface area contributed by atoms with Gasteiger partial charge in [0.1, 0.15) is 5.25 Å². The van der Waals surface area contributed by atoms with Crippen molar-refractivity contribution in [3.8, 4) is 0 Å². The van der Waals surface area contributed by atoms with E-state index in [0.29, 0.717) is 28.7 Å². The predicted molar refractivity (Wildman–Crippen MR) is 124 cm³/mol. The average Bonchev–Trinajstić information content (AvgIpc) is 2.99. The van der Waals surface area contributed by atoms with Gasteiger partial charge in [-0.15, -0.1) is 0 Å². The minimum absolute atomic E-state index is 0.0101. The third-order valence-electron chi connectivity index (χ3n) is 4.46. The summed E-state index contributed by atoms with van der Waals surface area (Å²) in [4.78, 5) is 43.0. The molecule has 3 rings (SSSR count). The Bertz CT molecular complexity index is 974. The number of amides is 2. The van der Waals surface area contributed by atoms with Crippen molar-refractivity contribution < 1.29 is 14.4 Å². The monoisotopic (exact) mass is 487 g/mol. The molecule has 0 aliphatic carbocycles. The van der Waals surface area contributed by atoms with Crippen LogP contribution in [-0.4, -0.2) is 39.5 Å². The number of ketones is 1. The lowest BCUT2D eigenvalue weighted by Gasteiger charge is -2.15. The molecule has 156 valence electrons. The zero-order valence-electron chi connectivity index (χ0n) is 16.7. The van der Waals surface area contributed by atoms with Gasteiger partial charge in [-0.05, 0) is 61.9 Å². The minimum Gasteiger partial charge on any atom is -0.326 e. The van der Waals surface area contributed by atoms with Crippen molar-refractivity contribution in [2.75, 3.05) is 11.9 Å². The van der Waals surface area contributed by atoms with E-state index in [4.69, 9.17) is 0 Å². The molecule has 30 heavy (non-hydrogen) atoms. The van der Waals surface area contributed by atoms with E-state index in [1.54, 1.807) is 41.3 Å². The van der Waals surface area contributed by atoms with Crippen LogP contribution in [0.25, 0.3) is 0 Å². The maximum Gasteiger partial charge on any atom is 0.242 e. The Kier molecular flexibility index (Phi) is 7.44. The van der Waals surface area contributed by atoms with Crippen LogP contribution in [-0.2, 0) is 9.59 Å². The molecule has 1 saturated heterocycles. The summed E-state index contributed by atoms with van der Waals surface area (Å²) in [5, 5.41) is 2.90. The minimum atomic E-state index is -0.512. The second kappa shape index (κ2) is 10.0. The number of nitrogens with one attached hydrogen (secondary N) is 1. The second-order valence-electron chi connectivity index (χ2n) is 6.85. The summed E-state index contributed by atoms with van der Waals surface area (Å²) in [5.41, 5.74) is 1.96. The summed E-state index contributed by atoms with van der Waals surface area (Å²) in [6.07, 6.45) is 0.856. The van der Waals surface area contributed by atoms with Crippen LogP contribution >= 0.6 is 27.7 Å². The third kappa shape index (κ3) is 5.58. The Morgan fingerprint density at radius 3 is 2.40 bits per heavy atom. The molecule has 2 aromatic carbocycles. The van der Waals surface area contributed by atoms with Crippen molar-refractivity contribution in [3.05, 3.63) is 58.6 Å². The fourth-order valence-electron chi connectivity index (χ4n) is 2.95. The summed E-state index contributed by atoms with van der Waals surface area (Å²) in [5.74, 6) is -0.331. The molecule has 1 heterocycles. The number of carbonyl (C=O) groups is 3. The number of aliphatic imine (C=N–C) groups is 1. The van der Waals surface area contributed by atoms with Gasteiger partial charge in [-0.25, -0.2) is 4.99 Å². The normalized spacial score (nSPS) is 17.4. The van der Waals surface area contributed by atoms with Gasteiger partial charge in [-0.1, -0.05) is 34.6 Å². The Balaban J connectivity index is 1.72. The second-order valence-corrected chi connectivity index (χ2v) is 8.94. The van der Waals surface area contributed by atoms with Crippen LogP contribution in [0.2, 0.25) is 0 Å². The fourth-order valence-corrected chi connectivity index (χ4v) is 4.40. The van der Waals surface area contributed by atoms with Crippen molar-refractivity contribution in [2.24, 2.45) is 4.99 Å². The van der Waals surface area contributed by atoms with Gasteiger partial charge in [0.05, 0.1) is 5.69 Å². The number of hydrogen-bond donors (Lipinski definition) is 1. The number of amidine groups is 1. The first kappa shape index (κ1) is 22.2. The number of nitrogens with zero attached hydrogens (tertiary/aromatic N) is 2. The number of benzene rings is 2. The summed E-state index contributed by atoms with van der Waals surface area (Å²) >= 11 is 4.66. The summed E-state index contributed by atoms with van der Waals surface area (Å²) < 4.78 is 0.925. The van der Waals surface area contributed by atoms with Crippen LogP contribution in [0.5, 0.6) is 0 Å². The van der Waals surface area contributed by atoms with Crippen molar-refractivity contribution in [2.45, 2.75) is 31.9 Å². The zero-order chi connectivity index (χ0) is 21.7. The molecule has 0 aromatic heterocycles. The molecular formula is C22H22BrN3O3S. The number of rotatable bonds is 7. The lowest BCUT2D eigenvalue weighted by atomic mass is 10.1. The Labute approximate surface area is 188 Å². The first-order valence-electron chi connectivity index (χ1n) is 9.60. The fraction of sp³-hybridized carbons (Fsp3) is 0.273. The van der Waals surface area contributed by atoms with Gasteiger partial charge in [0.2, 0.25) is 11.8 Å². The highest BCUT2D eigenvalue weighted by Crippen LogP contribution is 2.32. The van der Waals surface area contributed by atoms with Gasteiger partial charge in [0.25, 0.3) is 0 Å². The molecule has 1 atom stereocenters. The largest absolute Gasteiger partial charge is 0.326 e. The average molecular weight is 488 g/mol. The molecule has 1 N–H and O–H groups in total. The van der Waals surface area contributed by atoms with Crippen LogP contribution < -0.4 is 5.32 Å². The van der Waals surface area contributed by atoms with E-state index in [1.807, 2.05) is 19.1 Å². The van der Waals surface area contributed by atoms with E-state index < -0.39 is 5.25 Å². The highest BCUT2D eigenvalue weighted by atomic mass is 79.9. The van der Waals surface area contributed by atoms with Crippen molar-refractivity contribution in [1.82, 2.24) is 4.90 Å². The van der Waals surface area contributed by atoms with Crippen molar-refractivity contribution in [3.63, 3.8) is 0 Å². The zero-order valence-corrected chi connectivity index (χ0v) is 19.1. The molecule has 1 aliphatic heterocycles. The number of anilines is 1. The van der Waals surface area contributed by atoms with Crippen LogP contribution in [0, 0.1) is 0 Å². The van der Waals surface area contributed by atoms with E-state index in [2.05, 4.69) is 26.2 Å². The lowest BCUT2D eigenvalue weighted by molar-refractivity contribution is -0.128. The highest BCUT2D eigenvalue weighted by Gasteiger charge is 2.38. The van der Waals surface area contributed by atoms with Crippen molar-refractivity contribution >= 4 is 61.8 Å². The van der Waals surface area contributed by atoms with E-state index in [1.165, 1.54) is 18.7 Å². The molecule has 1 fully saturated rings. The van der Waals surface area contributed by atoms with Gasteiger partial charge in [-0.3, -0.25) is 19.3 Å². The van der Waals surface area contributed by atoms with E-state index in [0.717, 1.165) is 10.9 Å². The number of halogens is 1. The standard InChI is InChI=1S/C22H22BrN3O3S/c1-3-12-26-21(29)19(13-20(28)24-17-10-6-16(23)7-11-17)30-22(26)25-18-8-4-15(5-9-18)14(2)27/h4-11,19H,3,12-13H2,1-2H3,(H,24,28). The topological polar surface area (TPSA) is 78.8 Å². The molecular weight excluding hydrogens is 466 g/mol. The molecule has 1 aliphatic rings. The third-order valence-corrected chi connectivity index (χ3v) is 6.17. The number of hydrogen-bond acceptors (Lipinski definition) is 5. The van der Waals surface area contributed by atoms with Crippen LogP contribution in [0.4, 0.5) is 11.4 Å². The molecule has 0 spiro atoms. The molecule has 0 saturated carbocycles. The van der Waals surface area contributed by atoms with Crippen LogP contribution in [0.15, 0.2) is 58.0 Å². The molecule has 2 amide bonds. The summed E-state index contributed by atoms with van der Waals surface area (Å²) in [7, 11) is 0. The van der Waals surface area contributed by atoms with Gasteiger partial charge in [0, 0.05) is 28.7 Å². The van der Waals surface area contributed by atoms with Gasteiger partial charge in [-0.2, -0.15) is 0 Å².